The number of aliphatic hydroxyl groups is 1. The summed E-state index contributed by atoms with van der Waals surface area (Å²) in [6.45, 7) is 2.50. The fourth-order valence-corrected chi connectivity index (χ4v) is 2.34. The van der Waals surface area contributed by atoms with E-state index in [1.807, 2.05) is 6.92 Å². The Balaban J connectivity index is 1.93. The number of aromatic nitrogens is 2. The molecule has 0 aliphatic carbocycles. The zero-order chi connectivity index (χ0) is 11.5. The fraction of sp³-hybridized carbons (Fsp3) is 0.300. The lowest BCUT2D eigenvalue weighted by atomic mass is 10.3. The summed E-state index contributed by atoms with van der Waals surface area (Å²) in [5, 5.41) is 16.1. The van der Waals surface area contributed by atoms with E-state index in [1.54, 1.807) is 17.5 Å². The highest BCUT2D eigenvalue weighted by Gasteiger charge is 2.08. The number of rotatable bonds is 4. The van der Waals surface area contributed by atoms with Crippen LogP contribution in [-0.4, -0.2) is 21.6 Å². The minimum Gasteiger partial charge on any atom is -0.385 e. The average Bonchev–Trinajstić information content (AvgIpc) is 2.84. The molecule has 0 radical (unpaired) electrons. The maximum atomic E-state index is 9.85. The van der Waals surface area contributed by atoms with Crippen molar-refractivity contribution >= 4 is 28.6 Å². The summed E-state index contributed by atoms with van der Waals surface area (Å²) in [6, 6.07) is 2.05. The molecule has 2 aromatic heterocycles. The maximum Gasteiger partial charge on any atom is 0.174 e. The molecule has 4 nitrogen and oxygen atoms in total. The van der Waals surface area contributed by atoms with Gasteiger partial charge in [-0.1, -0.05) is 0 Å². The van der Waals surface area contributed by atoms with Gasteiger partial charge in [-0.15, -0.1) is 11.3 Å². The van der Waals surface area contributed by atoms with Crippen LogP contribution < -0.4 is 5.32 Å². The van der Waals surface area contributed by atoms with Crippen molar-refractivity contribution in [2.75, 3.05) is 11.9 Å². The van der Waals surface area contributed by atoms with Gasteiger partial charge in [0, 0.05) is 12.7 Å². The zero-order valence-corrected chi connectivity index (χ0v) is 10.4. The molecule has 2 heterocycles. The van der Waals surface area contributed by atoms with Crippen molar-refractivity contribution in [3.05, 3.63) is 33.7 Å². The van der Waals surface area contributed by atoms with Crippen LogP contribution in [-0.2, 0) is 0 Å². The number of H-pyrrole nitrogens is 2. The number of imidazole rings is 1. The van der Waals surface area contributed by atoms with Gasteiger partial charge in [0.05, 0.1) is 10.7 Å². The SMILES string of the molecule is Cc1csc(NCC(O)c2c[nH]c(=S)[nH]2)c1. The van der Waals surface area contributed by atoms with Gasteiger partial charge in [0.15, 0.2) is 4.77 Å². The number of hydrogen-bond acceptors (Lipinski definition) is 4. The van der Waals surface area contributed by atoms with Crippen molar-refractivity contribution in [3.63, 3.8) is 0 Å². The van der Waals surface area contributed by atoms with Crippen molar-refractivity contribution in [2.45, 2.75) is 13.0 Å². The molecule has 2 aromatic rings. The number of hydrogen-bond donors (Lipinski definition) is 4. The predicted molar refractivity (Wildman–Crippen MR) is 68.5 cm³/mol. The smallest absolute Gasteiger partial charge is 0.174 e. The summed E-state index contributed by atoms with van der Waals surface area (Å²) in [4.78, 5) is 5.72. The molecule has 4 N–H and O–H groups in total. The molecule has 0 spiro atoms. The van der Waals surface area contributed by atoms with Crippen molar-refractivity contribution in [3.8, 4) is 0 Å². The number of thiophene rings is 1. The van der Waals surface area contributed by atoms with E-state index in [9.17, 15) is 5.11 Å². The van der Waals surface area contributed by atoms with Crippen LogP contribution in [0, 0.1) is 11.7 Å². The minimum atomic E-state index is -0.588. The molecular weight excluding hydrogens is 242 g/mol. The summed E-state index contributed by atoms with van der Waals surface area (Å²) >= 11 is 6.52. The van der Waals surface area contributed by atoms with Gasteiger partial charge in [0.2, 0.25) is 0 Å². The number of aliphatic hydroxyl groups excluding tert-OH is 1. The fourth-order valence-electron chi connectivity index (χ4n) is 1.36. The van der Waals surface area contributed by atoms with Gasteiger partial charge in [-0.05, 0) is 36.2 Å². The molecule has 0 amide bonds. The van der Waals surface area contributed by atoms with Crippen LogP contribution in [0.5, 0.6) is 0 Å². The quantitative estimate of drug-likeness (QED) is 0.635. The molecular formula is C10H13N3OS2. The van der Waals surface area contributed by atoms with Gasteiger partial charge in [-0.3, -0.25) is 0 Å². The average molecular weight is 255 g/mol. The second-order valence-corrected chi connectivity index (χ2v) is 4.90. The summed E-state index contributed by atoms with van der Waals surface area (Å²) in [6.07, 6.45) is 1.10. The minimum absolute atomic E-state index is 0.461. The van der Waals surface area contributed by atoms with Gasteiger partial charge in [0.25, 0.3) is 0 Å². The predicted octanol–water partition coefficient (Wildman–Crippen LogP) is 2.59. The third-order valence-electron chi connectivity index (χ3n) is 2.18. The Bertz CT molecular complexity index is 514. The number of aryl methyl sites for hydroxylation is 1. The first-order chi connectivity index (χ1) is 7.65. The van der Waals surface area contributed by atoms with Gasteiger partial charge >= 0.3 is 0 Å². The lowest BCUT2D eigenvalue weighted by Crippen LogP contribution is -2.11. The highest BCUT2D eigenvalue weighted by molar-refractivity contribution is 7.71. The summed E-state index contributed by atoms with van der Waals surface area (Å²) in [7, 11) is 0. The van der Waals surface area contributed by atoms with Gasteiger partial charge < -0.3 is 20.4 Å². The van der Waals surface area contributed by atoms with E-state index in [2.05, 4.69) is 26.7 Å². The standard InChI is InChI=1S/C10H13N3OS2/c1-6-2-9(16-5-6)11-4-8(14)7-3-12-10(15)13-7/h2-3,5,8,11,14H,4H2,1H3,(H2,12,13,15). The summed E-state index contributed by atoms with van der Waals surface area (Å²) in [5.74, 6) is 0. The Morgan fingerprint density at radius 2 is 2.44 bits per heavy atom. The highest BCUT2D eigenvalue weighted by atomic mass is 32.1. The van der Waals surface area contributed by atoms with Crippen molar-refractivity contribution in [1.29, 1.82) is 0 Å². The molecule has 1 unspecified atom stereocenters. The second-order valence-electron chi connectivity index (χ2n) is 3.58. The monoisotopic (exact) mass is 255 g/mol. The second kappa shape index (κ2) is 4.82. The first kappa shape index (κ1) is 11.4. The third-order valence-corrected chi connectivity index (χ3v) is 3.40. The molecule has 6 heteroatoms. The third kappa shape index (κ3) is 2.72. The molecule has 0 saturated heterocycles. The molecule has 1 atom stereocenters. The van der Waals surface area contributed by atoms with E-state index >= 15 is 0 Å². The Hall–Kier alpha value is -1.11. The molecule has 0 aliphatic rings. The summed E-state index contributed by atoms with van der Waals surface area (Å²) < 4.78 is 0.529. The number of nitrogens with one attached hydrogen (secondary N) is 3. The van der Waals surface area contributed by atoms with E-state index in [1.165, 1.54) is 5.56 Å². The molecule has 0 bridgehead atoms. The molecule has 0 aromatic carbocycles. The first-order valence-corrected chi connectivity index (χ1v) is 6.18. The topological polar surface area (TPSA) is 63.8 Å². The van der Waals surface area contributed by atoms with E-state index in [4.69, 9.17) is 12.2 Å². The Morgan fingerprint density at radius 3 is 3.00 bits per heavy atom. The lowest BCUT2D eigenvalue weighted by molar-refractivity contribution is 0.187. The molecule has 2 rings (SSSR count). The van der Waals surface area contributed by atoms with Crippen LogP contribution in [0.4, 0.5) is 5.00 Å². The normalized spacial score (nSPS) is 12.6. The Labute approximate surface area is 102 Å². The van der Waals surface area contributed by atoms with Gasteiger partial charge in [0.1, 0.15) is 6.10 Å². The molecule has 0 aliphatic heterocycles. The highest BCUT2D eigenvalue weighted by Crippen LogP contribution is 2.20. The summed E-state index contributed by atoms with van der Waals surface area (Å²) in [5.41, 5.74) is 1.92. The van der Waals surface area contributed by atoms with Crippen LogP contribution in [0.25, 0.3) is 0 Å². The Kier molecular flexibility index (Phi) is 3.42. The van der Waals surface area contributed by atoms with Crippen LogP contribution in [0.3, 0.4) is 0 Å². The van der Waals surface area contributed by atoms with Gasteiger partial charge in [-0.25, -0.2) is 0 Å². The largest absolute Gasteiger partial charge is 0.385 e. The molecule has 0 saturated carbocycles. The van der Waals surface area contributed by atoms with Crippen LogP contribution in [0.15, 0.2) is 17.6 Å². The van der Waals surface area contributed by atoms with Crippen molar-refractivity contribution in [2.24, 2.45) is 0 Å². The zero-order valence-electron chi connectivity index (χ0n) is 8.78. The van der Waals surface area contributed by atoms with E-state index in [0.29, 0.717) is 17.0 Å². The van der Waals surface area contributed by atoms with E-state index in [-0.39, 0.29) is 0 Å². The molecule has 16 heavy (non-hydrogen) atoms. The molecule has 0 fully saturated rings. The van der Waals surface area contributed by atoms with Crippen molar-refractivity contribution < 1.29 is 5.11 Å². The number of aromatic amines is 2. The van der Waals surface area contributed by atoms with Crippen molar-refractivity contribution in [1.82, 2.24) is 9.97 Å². The van der Waals surface area contributed by atoms with Crippen LogP contribution in [0.1, 0.15) is 17.4 Å². The first-order valence-electron chi connectivity index (χ1n) is 4.90. The number of anilines is 1. The van der Waals surface area contributed by atoms with E-state index in [0.717, 1.165) is 5.00 Å². The van der Waals surface area contributed by atoms with E-state index < -0.39 is 6.10 Å². The Morgan fingerprint density at radius 1 is 1.62 bits per heavy atom. The van der Waals surface area contributed by atoms with Crippen LogP contribution >= 0.6 is 23.6 Å². The van der Waals surface area contributed by atoms with Gasteiger partial charge in [-0.2, -0.15) is 0 Å². The maximum absolute atomic E-state index is 9.85. The molecule has 86 valence electrons. The van der Waals surface area contributed by atoms with Crippen LogP contribution in [0.2, 0.25) is 0 Å². The lowest BCUT2D eigenvalue weighted by Gasteiger charge is -2.09.